The first-order valence-corrected chi connectivity index (χ1v) is 9.13. The van der Waals surface area contributed by atoms with Crippen LogP contribution in [-0.2, 0) is 0 Å². The Balaban J connectivity index is 1.88. The van der Waals surface area contributed by atoms with E-state index in [9.17, 15) is 4.79 Å². The van der Waals surface area contributed by atoms with E-state index in [1.54, 1.807) is 29.0 Å². The van der Waals surface area contributed by atoms with Gasteiger partial charge in [0.05, 0.1) is 21.1 Å². The maximum Gasteiger partial charge on any atom is 0.265 e. The van der Waals surface area contributed by atoms with Crippen LogP contribution in [0.1, 0.15) is 22.3 Å². The Bertz CT molecular complexity index is 1020. The summed E-state index contributed by atoms with van der Waals surface area (Å²) in [7, 11) is 2.10. The van der Waals surface area contributed by atoms with Crippen molar-refractivity contribution in [3.8, 4) is 0 Å². The number of aromatic nitrogens is 2. The van der Waals surface area contributed by atoms with Crippen LogP contribution in [-0.4, -0.2) is 40.5 Å². The lowest BCUT2D eigenvalue weighted by atomic mass is 10.00. The number of fused-ring (bicyclic) bond motifs is 1. The van der Waals surface area contributed by atoms with Gasteiger partial charge in [-0.05, 0) is 37.2 Å². The summed E-state index contributed by atoms with van der Waals surface area (Å²) in [6.07, 6.45) is 8.52. The smallest absolute Gasteiger partial charge is 0.265 e. The van der Waals surface area contributed by atoms with E-state index in [4.69, 9.17) is 23.2 Å². The Morgan fingerprint density at radius 3 is 2.65 bits per heavy atom. The van der Waals surface area contributed by atoms with E-state index in [2.05, 4.69) is 23.0 Å². The predicted molar refractivity (Wildman–Crippen MR) is 106 cm³/mol. The average molecular weight is 386 g/mol. The molecule has 0 unspecified atom stereocenters. The van der Waals surface area contributed by atoms with Gasteiger partial charge < -0.3 is 4.90 Å². The lowest BCUT2D eigenvalue weighted by Gasteiger charge is -2.21. The highest BCUT2D eigenvalue weighted by atomic mass is 35.5. The van der Waals surface area contributed by atoms with E-state index in [1.165, 1.54) is 5.57 Å². The third kappa shape index (κ3) is 2.94. The van der Waals surface area contributed by atoms with Gasteiger partial charge in [0, 0.05) is 42.6 Å². The number of carbonyl (C=O) groups is 1. The molecule has 0 N–H and O–H groups in total. The summed E-state index contributed by atoms with van der Waals surface area (Å²) in [4.78, 5) is 19.7. The van der Waals surface area contributed by atoms with Crippen molar-refractivity contribution in [1.29, 1.82) is 0 Å². The highest BCUT2D eigenvalue weighted by Gasteiger charge is 2.22. The van der Waals surface area contributed by atoms with Gasteiger partial charge in [-0.25, -0.2) is 0 Å². The molecule has 0 atom stereocenters. The van der Waals surface area contributed by atoms with Crippen LogP contribution in [0.15, 0.2) is 48.9 Å². The van der Waals surface area contributed by atoms with Crippen molar-refractivity contribution in [2.24, 2.45) is 0 Å². The van der Waals surface area contributed by atoms with Crippen LogP contribution in [0.5, 0.6) is 0 Å². The fourth-order valence-electron chi connectivity index (χ4n) is 3.33. The van der Waals surface area contributed by atoms with Crippen LogP contribution in [0, 0.1) is 0 Å². The normalized spacial score (nSPS) is 15.3. The number of rotatable bonds is 2. The molecule has 0 saturated carbocycles. The van der Waals surface area contributed by atoms with E-state index < -0.39 is 0 Å². The third-order valence-corrected chi connectivity index (χ3v) is 5.39. The lowest BCUT2D eigenvalue weighted by molar-refractivity contribution is 0.0965. The summed E-state index contributed by atoms with van der Waals surface area (Å²) < 4.78 is 1.62. The summed E-state index contributed by atoms with van der Waals surface area (Å²) >= 11 is 12.5. The van der Waals surface area contributed by atoms with Gasteiger partial charge in [0.15, 0.2) is 0 Å². The van der Waals surface area contributed by atoms with E-state index in [1.807, 2.05) is 18.5 Å². The molecule has 1 aromatic carbocycles. The van der Waals surface area contributed by atoms with Crippen LogP contribution in [0.2, 0.25) is 10.0 Å². The number of halogens is 2. The van der Waals surface area contributed by atoms with Crippen LogP contribution in [0.4, 0.5) is 0 Å². The summed E-state index contributed by atoms with van der Waals surface area (Å²) in [5.41, 5.74) is 3.39. The van der Waals surface area contributed by atoms with Crippen molar-refractivity contribution in [1.82, 2.24) is 14.5 Å². The second kappa shape index (κ2) is 6.88. The van der Waals surface area contributed by atoms with Crippen molar-refractivity contribution in [3.05, 3.63) is 70.1 Å². The summed E-state index contributed by atoms with van der Waals surface area (Å²) in [6, 6.07) is 6.92. The first kappa shape index (κ1) is 17.3. The largest absolute Gasteiger partial charge is 0.302 e. The highest BCUT2D eigenvalue weighted by Crippen LogP contribution is 2.32. The van der Waals surface area contributed by atoms with Crippen molar-refractivity contribution in [2.75, 3.05) is 20.1 Å². The summed E-state index contributed by atoms with van der Waals surface area (Å²) in [6.45, 7) is 1.88. The SMILES string of the molecule is CN1CC=C(c2cn(C(=O)c3c(Cl)cccc3Cl)c3ccncc23)CC1. The molecule has 0 radical (unpaired) electrons. The molecule has 4 rings (SSSR count). The molecule has 0 bridgehead atoms. The molecule has 2 aromatic heterocycles. The molecular weight excluding hydrogens is 369 g/mol. The standard InChI is InChI=1S/C20H17Cl2N3O/c1-24-9-6-13(7-10-24)15-12-25(18-5-8-23-11-14(15)18)20(26)19-16(21)3-2-4-17(19)22/h2-6,8,11-12H,7,9-10H2,1H3. The molecule has 0 spiro atoms. The topological polar surface area (TPSA) is 38.1 Å². The molecule has 132 valence electrons. The molecule has 26 heavy (non-hydrogen) atoms. The number of benzene rings is 1. The number of hydrogen-bond donors (Lipinski definition) is 0. The minimum Gasteiger partial charge on any atom is -0.302 e. The van der Waals surface area contributed by atoms with E-state index in [0.29, 0.717) is 15.6 Å². The number of likely N-dealkylation sites (N-methyl/N-ethyl adjacent to an activating group) is 1. The maximum absolute atomic E-state index is 13.2. The average Bonchev–Trinajstić information content (AvgIpc) is 3.02. The molecule has 3 heterocycles. The Morgan fingerprint density at radius 2 is 1.96 bits per heavy atom. The fourth-order valence-corrected chi connectivity index (χ4v) is 3.89. The van der Waals surface area contributed by atoms with Crippen LogP contribution in [0.3, 0.4) is 0 Å². The first-order valence-electron chi connectivity index (χ1n) is 8.38. The Morgan fingerprint density at radius 1 is 1.19 bits per heavy atom. The Kier molecular flexibility index (Phi) is 4.57. The number of hydrogen-bond acceptors (Lipinski definition) is 3. The highest BCUT2D eigenvalue weighted by molar-refractivity contribution is 6.40. The Labute approximate surface area is 161 Å². The Hall–Kier alpha value is -2.14. The van der Waals surface area contributed by atoms with E-state index in [-0.39, 0.29) is 5.91 Å². The third-order valence-electron chi connectivity index (χ3n) is 4.76. The van der Waals surface area contributed by atoms with Crippen molar-refractivity contribution in [3.63, 3.8) is 0 Å². The fraction of sp³-hybridized carbons (Fsp3) is 0.200. The van der Waals surface area contributed by atoms with Gasteiger partial charge in [-0.1, -0.05) is 35.3 Å². The molecule has 0 amide bonds. The van der Waals surface area contributed by atoms with E-state index in [0.717, 1.165) is 36.0 Å². The van der Waals surface area contributed by atoms with Crippen LogP contribution >= 0.6 is 23.2 Å². The molecule has 1 aliphatic rings. The molecule has 4 nitrogen and oxygen atoms in total. The first-order chi connectivity index (χ1) is 12.6. The minimum atomic E-state index is -0.239. The van der Waals surface area contributed by atoms with E-state index >= 15 is 0 Å². The predicted octanol–water partition coefficient (Wildman–Crippen LogP) is 4.75. The van der Waals surface area contributed by atoms with Crippen molar-refractivity contribution in [2.45, 2.75) is 6.42 Å². The van der Waals surface area contributed by atoms with Gasteiger partial charge in [0.25, 0.3) is 5.91 Å². The number of nitrogens with zero attached hydrogens (tertiary/aromatic N) is 3. The van der Waals surface area contributed by atoms with Gasteiger partial charge in [0.1, 0.15) is 0 Å². The monoisotopic (exact) mass is 385 g/mol. The maximum atomic E-state index is 13.2. The lowest BCUT2D eigenvalue weighted by Crippen LogP contribution is -2.23. The van der Waals surface area contributed by atoms with Crippen LogP contribution < -0.4 is 0 Å². The van der Waals surface area contributed by atoms with Crippen LogP contribution in [0.25, 0.3) is 16.5 Å². The molecule has 0 fully saturated rings. The van der Waals surface area contributed by atoms with Crippen molar-refractivity contribution < 1.29 is 4.79 Å². The summed E-state index contributed by atoms with van der Waals surface area (Å²) in [5, 5.41) is 1.65. The zero-order valence-electron chi connectivity index (χ0n) is 14.2. The zero-order valence-corrected chi connectivity index (χ0v) is 15.8. The second-order valence-corrected chi connectivity index (χ2v) is 7.26. The van der Waals surface area contributed by atoms with Crippen molar-refractivity contribution >= 4 is 45.6 Å². The molecule has 1 aliphatic heterocycles. The number of carbonyl (C=O) groups excluding carboxylic acids is 1. The quantitative estimate of drug-likeness (QED) is 0.638. The van der Waals surface area contributed by atoms with Gasteiger partial charge in [0.2, 0.25) is 0 Å². The van der Waals surface area contributed by atoms with Gasteiger partial charge in [-0.3, -0.25) is 14.3 Å². The zero-order chi connectivity index (χ0) is 18.3. The van der Waals surface area contributed by atoms with Gasteiger partial charge >= 0.3 is 0 Å². The molecular formula is C20H17Cl2N3O. The molecule has 0 aliphatic carbocycles. The van der Waals surface area contributed by atoms with Gasteiger partial charge in [-0.2, -0.15) is 0 Å². The van der Waals surface area contributed by atoms with Gasteiger partial charge in [-0.15, -0.1) is 0 Å². The molecule has 3 aromatic rings. The number of pyridine rings is 1. The molecule has 0 saturated heterocycles. The summed E-state index contributed by atoms with van der Waals surface area (Å²) in [5.74, 6) is -0.239. The molecule has 6 heteroatoms. The second-order valence-electron chi connectivity index (χ2n) is 6.45. The minimum absolute atomic E-state index is 0.239.